The molecule has 2 aromatic rings. The van der Waals surface area contributed by atoms with E-state index >= 15 is 0 Å². The first kappa shape index (κ1) is 73.3. The molecule has 1 spiro atoms. The Morgan fingerprint density at radius 2 is 1.57 bits per heavy atom. The van der Waals surface area contributed by atoms with Crippen LogP contribution in [0.15, 0.2) is 42.9 Å². The predicted octanol–water partition coefficient (Wildman–Crippen LogP) is 6.60. The van der Waals surface area contributed by atoms with Crippen molar-refractivity contribution in [3.8, 4) is 11.3 Å². The lowest BCUT2D eigenvalue weighted by Gasteiger charge is -2.47. The van der Waals surface area contributed by atoms with Gasteiger partial charge >= 0.3 is 0 Å². The van der Waals surface area contributed by atoms with E-state index in [1.165, 1.54) is 0 Å². The predicted molar refractivity (Wildman–Crippen MR) is 360 cm³/mol. The Kier molecular flexibility index (Phi) is 25.4. The normalized spacial score (nSPS) is 34.1. The van der Waals surface area contributed by atoms with E-state index in [0.29, 0.717) is 68.4 Å². The van der Waals surface area contributed by atoms with Crippen LogP contribution in [0.4, 0.5) is 0 Å². The number of H-pyrrole nitrogens is 1. The molecule has 10 aliphatic rings. The molecular weight excluding hydrogens is 1260 g/mol. The number of rotatable bonds is 28. The number of aromatic amines is 1. The highest BCUT2D eigenvalue weighted by Crippen LogP contribution is 2.54. The van der Waals surface area contributed by atoms with Gasteiger partial charge < -0.3 is 78.9 Å². The quantitative estimate of drug-likeness (QED) is 0.0297. The molecule has 0 radical (unpaired) electrons. The molecule has 10 fully saturated rings. The van der Waals surface area contributed by atoms with Crippen molar-refractivity contribution in [2.45, 2.75) is 298 Å². The van der Waals surface area contributed by atoms with E-state index in [1.54, 1.807) is 24.2 Å². The molecule has 4 amide bonds. The fourth-order valence-corrected chi connectivity index (χ4v) is 16.7. The van der Waals surface area contributed by atoms with E-state index < -0.39 is 84.7 Å². The van der Waals surface area contributed by atoms with E-state index in [2.05, 4.69) is 80.4 Å². The lowest BCUT2D eigenvalue weighted by molar-refractivity contribution is -0.292. The molecule has 6 N–H and O–H groups in total. The van der Waals surface area contributed by atoms with Gasteiger partial charge in [0.1, 0.15) is 54.1 Å². The lowest BCUT2D eigenvalue weighted by atomic mass is 9.81. The van der Waals surface area contributed by atoms with Crippen LogP contribution in [-0.2, 0) is 73.1 Å². The molecular formula is C71H108N10O15S. The molecule has 0 aliphatic carbocycles. The minimum absolute atomic E-state index is 0.00425. The van der Waals surface area contributed by atoms with Gasteiger partial charge in [0.2, 0.25) is 23.6 Å². The van der Waals surface area contributed by atoms with Crippen LogP contribution in [0.2, 0.25) is 0 Å². The minimum Gasteiger partial charge on any atom is -0.391 e. The zero-order valence-corrected chi connectivity index (χ0v) is 58.7. The van der Waals surface area contributed by atoms with Gasteiger partial charge in [-0.15, -0.1) is 5.10 Å². The van der Waals surface area contributed by atoms with E-state index in [0.717, 1.165) is 101 Å². The number of unbranched alkanes of at least 4 members (excludes halogenated alkanes) is 3. The van der Waals surface area contributed by atoms with E-state index in [9.17, 15) is 29.1 Å². The topological polar surface area (TPSA) is 299 Å². The second-order valence-corrected chi connectivity index (χ2v) is 29.8. The number of aliphatic hydroxyl groups is 1. The number of fused-ring (bicyclic) bond motifs is 6. The average Bonchev–Trinajstić information content (AvgIpc) is 1.57. The van der Waals surface area contributed by atoms with E-state index in [1.807, 2.05) is 20.0 Å². The van der Waals surface area contributed by atoms with Gasteiger partial charge in [-0.25, -0.2) is 4.98 Å². The van der Waals surface area contributed by atoms with Crippen LogP contribution in [0.25, 0.3) is 11.3 Å². The summed E-state index contributed by atoms with van der Waals surface area (Å²) < 4.78 is 63.2. The van der Waals surface area contributed by atoms with Crippen LogP contribution in [-0.4, -0.2) is 220 Å². The van der Waals surface area contributed by atoms with Crippen molar-refractivity contribution in [2.24, 2.45) is 17.8 Å². The molecule has 0 saturated carbocycles. The number of Topliss-reactive ketones (excluding diaryl/α,β-unsaturated/α-hetero) is 1. The molecule has 21 atom stereocenters. The molecule has 0 aromatic carbocycles. The third-order valence-electron chi connectivity index (χ3n) is 21.7. The Bertz CT molecular complexity index is 3070. The Morgan fingerprint density at radius 3 is 2.34 bits per heavy atom. The summed E-state index contributed by atoms with van der Waals surface area (Å²) in [7, 11) is 1.60. The highest BCUT2D eigenvalue weighted by molar-refractivity contribution is 7.71. The number of aryl methyl sites for hydroxylation is 1. The summed E-state index contributed by atoms with van der Waals surface area (Å²) in [5.74, 6) is -3.25. The van der Waals surface area contributed by atoms with Crippen molar-refractivity contribution in [1.29, 1.82) is 0 Å². The van der Waals surface area contributed by atoms with Crippen LogP contribution in [0.1, 0.15) is 176 Å². The molecule has 12 heterocycles. The number of hydrogen-bond donors (Lipinski definition) is 6. The maximum absolute atomic E-state index is 14.6. The van der Waals surface area contributed by atoms with Crippen LogP contribution in [0.5, 0.6) is 0 Å². The summed E-state index contributed by atoms with van der Waals surface area (Å²) in [6.07, 6.45) is 12.7. The Labute approximate surface area is 576 Å². The van der Waals surface area contributed by atoms with Gasteiger partial charge in [-0.05, 0) is 145 Å². The highest BCUT2D eigenvalue weighted by atomic mass is 32.1. The van der Waals surface area contributed by atoms with Gasteiger partial charge in [0.25, 0.3) is 0 Å². The second-order valence-electron chi connectivity index (χ2n) is 29.4. The molecule has 12 rings (SSSR count). The smallest absolute Gasteiger partial charge is 0.243 e. The van der Waals surface area contributed by atoms with Crippen molar-refractivity contribution < 1.29 is 71.7 Å². The lowest BCUT2D eigenvalue weighted by Crippen LogP contribution is -2.61. The molecule has 26 heteroatoms. The maximum Gasteiger partial charge on any atom is 0.243 e. The average molecular weight is 1370 g/mol. The molecule has 538 valence electrons. The Hall–Kier alpha value is -4.97. The first-order valence-corrected chi connectivity index (χ1v) is 36.9. The zero-order chi connectivity index (χ0) is 68.5. The fraction of sp³-hybridized carbons (Fsp3) is 0.789. The van der Waals surface area contributed by atoms with Crippen LogP contribution in [0.3, 0.4) is 0 Å². The number of nitrogens with one attached hydrogen (secondary N) is 5. The maximum atomic E-state index is 14.6. The van der Waals surface area contributed by atoms with Gasteiger partial charge in [0.15, 0.2) is 10.6 Å². The Morgan fingerprint density at radius 1 is 0.804 bits per heavy atom. The van der Waals surface area contributed by atoms with Crippen molar-refractivity contribution in [2.75, 3.05) is 39.8 Å². The zero-order valence-electron chi connectivity index (χ0n) is 57.9. The van der Waals surface area contributed by atoms with E-state index in [4.69, 9.17) is 54.8 Å². The van der Waals surface area contributed by atoms with Gasteiger partial charge in [-0.1, -0.05) is 59.4 Å². The van der Waals surface area contributed by atoms with Crippen molar-refractivity contribution in [3.63, 3.8) is 0 Å². The summed E-state index contributed by atoms with van der Waals surface area (Å²) >= 11 is 5.04. The van der Waals surface area contributed by atoms with Gasteiger partial charge in [-0.2, -0.15) is 0 Å². The number of nitrogens with zero attached hydrogens (tertiary/aromatic N) is 5. The number of aromatic nitrogens is 5. The van der Waals surface area contributed by atoms with Crippen LogP contribution < -0.4 is 21.3 Å². The summed E-state index contributed by atoms with van der Waals surface area (Å²) in [6.45, 7) is 22.0. The molecule has 10 aliphatic heterocycles. The molecule has 97 heavy (non-hydrogen) atoms. The summed E-state index contributed by atoms with van der Waals surface area (Å²) in [5, 5.41) is 31.5. The number of amides is 4. The van der Waals surface area contributed by atoms with Crippen LogP contribution in [0, 0.1) is 22.5 Å². The number of ketones is 1. The molecule has 25 nitrogen and oxygen atoms in total. The van der Waals surface area contributed by atoms with Crippen molar-refractivity contribution >= 4 is 41.6 Å². The highest BCUT2D eigenvalue weighted by Gasteiger charge is 2.69. The largest absolute Gasteiger partial charge is 0.391 e. The first-order valence-electron chi connectivity index (χ1n) is 36.4. The summed E-state index contributed by atoms with van der Waals surface area (Å²) in [5.41, 5.74) is 3.49. The summed E-state index contributed by atoms with van der Waals surface area (Å²) in [6, 6.07) is -1.91. The Balaban J connectivity index is 0.694. The van der Waals surface area contributed by atoms with Crippen molar-refractivity contribution in [3.05, 3.63) is 47.7 Å². The fourth-order valence-electron chi connectivity index (χ4n) is 16.6. The number of methoxy groups -OCH3 is 1. The van der Waals surface area contributed by atoms with Gasteiger partial charge in [0.05, 0.1) is 79.9 Å². The third kappa shape index (κ3) is 18.4. The monoisotopic (exact) mass is 1370 g/mol. The SMILES string of the molecule is C=C1C[C@@H]2CC[C@@]34CC5O[C@H]6[C@@H](O3)[C@H]3O[C@H](CC[C@@H]3O[C@H]6[C@H]5O4)CC(=O)C[C@@H]3[C@@H](OC)[C@@H](C[C@H](O)CNC(=O)CNC(=O)[C@H](CCCCN(CCC)CCC)NC(=O)[C@@H](NC(=O)CCCCCn4cc(-c5cnc(=S)[nH]c5)nn4)C(C)C)O[C@H]3C[C@H]3O[C@@H](CCC1O2)C[C@@H](C)C3=C. The number of ether oxygens (including phenoxy) is 9. The van der Waals surface area contributed by atoms with Gasteiger partial charge in [0, 0.05) is 89.0 Å². The van der Waals surface area contributed by atoms with Crippen LogP contribution >= 0.6 is 12.2 Å². The first-order chi connectivity index (χ1) is 46.8. The molecule has 2 aromatic heterocycles. The second kappa shape index (κ2) is 33.7. The van der Waals surface area contributed by atoms with Crippen molar-refractivity contribution in [1.82, 2.24) is 51.1 Å². The molecule has 2 unspecified atom stereocenters. The molecule has 12 bridgehead atoms. The number of aliphatic hydroxyl groups excluding tert-OH is 1. The third-order valence-corrected chi connectivity index (χ3v) is 21.9. The van der Waals surface area contributed by atoms with E-state index in [-0.39, 0.29) is 117 Å². The number of carbonyl (C=O) groups excluding carboxylic acids is 5. The summed E-state index contributed by atoms with van der Waals surface area (Å²) in [4.78, 5) is 79.2. The standard InChI is InChI=1S/C71H108N10O15S/c1-9-24-80(25-10-2)26-15-13-16-51(76-69(87)61(40(3)4)77-59(84)17-12-11-14-27-81-39-52(78-79-81)44-35-74-70(97)75-36-44)68(86)73-38-60(85)72-37-46(83)32-57-62(88-8)50-31-45(82)30-48-19-21-54-63(91-48)67-66-65(93-54)64-58(94-66)34-71(95-64,96-67)23-22-49-29-42(6)53(89-49)20-18-47-28-41(5)43(7)55(90-47)33-56(50)92-57/h35-36,39-41,46-51,53-58,61-67,83H,6-7,9-34,37-38H2,1-5,8H3,(H,72,85)(H,73,86)(H,76,87)(H,77,84)(H,74,75,97)/t41-,46+,47+,48-,49+,50+,51+,53?,54+,55-,56+,57-,58?,61+,62-,63+,64+,65+,66-,67+,71+/m1/s1. The number of hydrogen-bond acceptors (Lipinski definition) is 20. The van der Waals surface area contributed by atoms with Gasteiger partial charge in [-0.3, -0.25) is 28.7 Å². The number of carbonyl (C=O) groups is 5. The molecule has 10 saturated heterocycles. The minimum atomic E-state index is -1.10.